The van der Waals surface area contributed by atoms with E-state index in [0.29, 0.717) is 35.6 Å². The average molecular weight is 645 g/mol. The maximum absolute atomic E-state index is 13.6. The zero-order valence-electron chi connectivity index (χ0n) is 26.7. The molecular weight excluding hydrogens is 604 g/mol. The van der Waals surface area contributed by atoms with E-state index in [1.165, 1.54) is 6.92 Å². The van der Waals surface area contributed by atoms with Gasteiger partial charge in [-0.05, 0) is 56.9 Å². The smallest absolute Gasteiger partial charge is 0.245 e. The Hall–Kier alpha value is -5.20. The lowest BCUT2D eigenvalue weighted by molar-refractivity contribution is -0.134. The van der Waals surface area contributed by atoms with Gasteiger partial charge in [-0.25, -0.2) is 0 Å². The SMILES string of the molecule is Cc1noc(C)c1CC(=O)N[C@H]1Cc2ccc(cc2)OCCNC(=O)C2(CC2)NC(=O)[C@@H](Cc2ccccc2)NC(=O)[C@H](C)NC1=O. The molecular formula is C34H40N6O7. The topological polar surface area (TPSA) is 181 Å². The van der Waals surface area contributed by atoms with E-state index in [2.05, 4.69) is 31.7 Å². The Kier molecular flexibility index (Phi) is 10.2. The van der Waals surface area contributed by atoms with Crippen molar-refractivity contribution in [1.82, 2.24) is 31.7 Å². The van der Waals surface area contributed by atoms with Crippen molar-refractivity contribution in [1.29, 1.82) is 0 Å². The van der Waals surface area contributed by atoms with Crippen molar-refractivity contribution in [2.75, 3.05) is 13.2 Å². The highest BCUT2D eigenvalue weighted by Gasteiger charge is 2.51. The third kappa shape index (κ3) is 8.54. The van der Waals surface area contributed by atoms with Crippen molar-refractivity contribution in [3.05, 3.63) is 82.7 Å². The van der Waals surface area contributed by atoms with Crippen LogP contribution in [0.4, 0.5) is 0 Å². The number of hydrogen-bond acceptors (Lipinski definition) is 8. The molecule has 5 amide bonds. The fraction of sp³-hybridized carbons (Fsp3) is 0.412. The molecule has 1 spiro atoms. The molecule has 1 saturated carbocycles. The first-order valence-electron chi connectivity index (χ1n) is 15.7. The lowest BCUT2D eigenvalue weighted by Gasteiger charge is -2.25. The van der Waals surface area contributed by atoms with Gasteiger partial charge in [0.25, 0.3) is 0 Å². The maximum Gasteiger partial charge on any atom is 0.245 e. The highest BCUT2D eigenvalue weighted by Crippen LogP contribution is 2.35. The van der Waals surface area contributed by atoms with Gasteiger partial charge in [0.2, 0.25) is 29.5 Å². The van der Waals surface area contributed by atoms with E-state index in [4.69, 9.17) is 9.26 Å². The minimum atomic E-state index is -1.06. The van der Waals surface area contributed by atoms with Crippen molar-refractivity contribution in [3.63, 3.8) is 0 Å². The van der Waals surface area contributed by atoms with Gasteiger partial charge in [-0.15, -0.1) is 0 Å². The van der Waals surface area contributed by atoms with Crippen LogP contribution < -0.4 is 31.3 Å². The van der Waals surface area contributed by atoms with Gasteiger partial charge >= 0.3 is 0 Å². The van der Waals surface area contributed by atoms with Crippen molar-refractivity contribution in [3.8, 4) is 5.75 Å². The molecule has 13 heteroatoms. The van der Waals surface area contributed by atoms with E-state index in [9.17, 15) is 24.0 Å². The number of rotatable bonds is 5. The average Bonchev–Trinajstić information content (AvgIpc) is 3.77. The zero-order chi connectivity index (χ0) is 33.6. The first-order valence-corrected chi connectivity index (χ1v) is 15.7. The summed E-state index contributed by atoms with van der Waals surface area (Å²) in [5.41, 5.74) is 1.70. The van der Waals surface area contributed by atoms with Crippen LogP contribution in [0.3, 0.4) is 0 Å². The van der Waals surface area contributed by atoms with E-state index < -0.39 is 47.3 Å². The second kappa shape index (κ2) is 14.5. The summed E-state index contributed by atoms with van der Waals surface area (Å²) in [6, 6.07) is 13.1. The summed E-state index contributed by atoms with van der Waals surface area (Å²) >= 11 is 0. The second-order valence-electron chi connectivity index (χ2n) is 12.1. The van der Waals surface area contributed by atoms with Crippen LogP contribution >= 0.6 is 0 Å². The molecule has 2 aliphatic heterocycles. The van der Waals surface area contributed by atoms with E-state index >= 15 is 0 Å². The Morgan fingerprint density at radius 1 is 0.957 bits per heavy atom. The Bertz CT molecular complexity index is 1600. The summed E-state index contributed by atoms with van der Waals surface area (Å²) in [6.07, 6.45) is 1.19. The third-order valence-corrected chi connectivity index (χ3v) is 8.40. The van der Waals surface area contributed by atoms with Crippen LogP contribution in [0.2, 0.25) is 0 Å². The van der Waals surface area contributed by atoms with E-state index in [1.807, 2.05) is 30.3 Å². The van der Waals surface area contributed by atoms with Gasteiger partial charge < -0.3 is 35.8 Å². The summed E-state index contributed by atoms with van der Waals surface area (Å²) < 4.78 is 11.0. The summed E-state index contributed by atoms with van der Waals surface area (Å²) in [7, 11) is 0. The quantitative estimate of drug-likeness (QED) is 0.255. The number of fused-ring (bicyclic) bond motifs is 15. The van der Waals surface area contributed by atoms with Crippen molar-refractivity contribution in [2.24, 2.45) is 0 Å². The van der Waals surface area contributed by atoms with Crippen molar-refractivity contribution in [2.45, 2.75) is 76.5 Å². The number of aryl methyl sites for hydroxylation is 2. The van der Waals surface area contributed by atoms with Gasteiger partial charge in [-0.3, -0.25) is 24.0 Å². The van der Waals surface area contributed by atoms with Gasteiger partial charge in [-0.2, -0.15) is 0 Å². The molecule has 6 rings (SSSR count). The standard InChI is InChI=1S/C34H40N6O7/c1-20-26(22(3)47-40-20)19-29(41)37-27-18-24-9-11-25(12-10-24)46-16-15-35-33(45)34(13-14-34)39-32(44)28(17-23-7-5-4-6-8-23)38-30(42)21(2)36-31(27)43/h4-12,21,27-28H,13-19H2,1-3H3,(H,35,45)(H,36,43)(H,37,41)(H,38,42)(H,39,44)/t21-,27-,28+/m0/s1. The molecule has 3 heterocycles. The van der Waals surface area contributed by atoms with E-state index in [0.717, 1.165) is 11.1 Å². The number of amides is 5. The Balaban J connectivity index is 1.37. The minimum absolute atomic E-state index is 0.0396. The Labute approximate surface area is 272 Å². The zero-order valence-corrected chi connectivity index (χ0v) is 26.7. The number of carbonyl (C=O) groups excluding carboxylic acids is 5. The molecule has 3 aliphatic rings. The number of nitrogens with zero attached hydrogens (tertiary/aromatic N) is 1. The molecule has 0 saturated heterocycles. The van der Waals surface area contributed by atoms with Gasteiger partial charge in [0.05, 0.1) is 18.7 Å². The molecule has 3 atom stereocenters. The highest BCUT2D eigenvalue weighted by atomic mass is 16.5. The summed E-state index contributed by atoms with van der Waals surface area (Å²) in [5.74, 6) is -1.34. The fourth-order valence-corrected chi connectivity index (χ4v) is 5.42. The number of benzene rings is 2. The largest absolute Gasteiger partial charge is 0.492 e. The summed E-state index contributed by atoms with van der Waals surface area (Å²) in [4.78, 5) is 66.7. The number of nitrogens with one attached hydrogen (secondary N) is 5. The number of aromatic nitrogens is 1. The molecule has 0 unspecified atom stereocenters. The predicted molar refractivity (Wildman–Crippen MR) is 170 cm³/mol. The van der Waals surface area contributed by atoms with Gasteiger partial charge in [0.15, 0.2) is 0 Å². The van der Waals surface area contributed by atoms with Gasteiger partial charge in [0, 0.05) is 18.4 Å². The molecule has 13 nitrogen and oxygen atoms in total. The number of ether oxygens (including phenoxy) is 1. The molecule has 1 aliphatic carbocycles. The normalized spacial score (nSPS) is 21.9. The van der Waals surface area contributed by atoms with Crippen LogP contribution in [0.15, 0.2) is 59.1 Å². The second-order valence-corrected chi connectivity index (χ2v) is 12.1. The van der Waals surface area contributed by atoms with Crippen LogP contribution in [0.25, 0.3) is 0 Å². The van der Waals surface area contributed by atoms with Crippen molar-refractivity contribution >= 4 is 29.5 Å². The van der Waals surface area contributed by atoms with Gasteiger partial charge in [-0.1, -0.05) is 47.6 Å². The number of carbonyl (C=O) groups is 5. The molecule has 1 aromatic heterocycles. The van der Waals surface area contributed by atoms with E-state index in [1.54, 1.807) is 38.1 Å². The summed E-state index contributed by atoms with van der Waals surface area (Å²) in [5, 5.41) is 17.8. The van der Waals surface area contributed by atoms with Crippen LogP contribution in [-0.2, 0) is 43.2 Å². The van der Waals surface area contributed by atoms with Crippen LogP contribution in [0, 0.1) is 13.8 Å². The molecule has 2 aromatic carbocycles. The van der Waals surface area contributed by atoms with Crippen molar-refractivity contribution < 1.29 is 33.2 Å². The van der Waals surface area contributed by atoms with Crippen LogP contribution in [0.5, 0.6) is 5.75 Å². The van der Waals surface area contributed by atoms with E-state index in [-0.39, 0.29) is 38.3 Å². The molecule has 5 N–H and O–H groups in total. The van der Waals surface area contributed by atoms with Crippen LogP contribution in [0.1, 0.15) is 47.9 Å². The summed E-state index contributed by atoms with van der Waals surface area (Å²) in [6.45, 7) is 5.37. The highest BCUT2D eigenvalue weighted by molar-refractivity contribution is 5.98. The Morgan fingerprint density at radius 2 is 1.68 bits per heavy atom. The van der Waals surface area contributed by atoms with Gasteiger partial charge in [0.1, 0.15) is 41.8 Å². The minimum Gasteiger partial charge on any atom is -0.492 e. The molecule has 2 bridgehead atoms. The molecule has 1 fully saturated rings. The fourth-order valence-electron chi connectivity index (χ4n) is 5.42. The molecule has 0 radical (unpaired) electrons. The van der Waals surface area contributed by atoms with Crippen LogP contribution in [-0.4, -0.2) is 71.5 Å². The number of hydrogen-bond donors (Lipinski definition) is 5. The first kappa shape index (κ1) is 33.2. The lowest BCUT2D eigenvalue weighted by Crippen LogP contribution is -2.59. The first-order chi connectivity index (χ1) is 22.5. The molecule has 47 heavy (non-hydrogen) atoms. The monoisotopic (exact) mass is 644 g/mol. The molecule has 248 valence electrons. The lowest BCUT2D eigenvalue weighted by atomic mass is 10.0. The third-order valence-electron chi connectivity index (χ3n) is 8.40. The predicted octanol–water partition coefficient (Wildman–Crippen LogP) is 0.951. The Morgan fingerprint density at radius 3 is 2.34 bits per heavy atom. The molecule has 3 aromatic rings. The maximum atomic E-state index is 13.6.